The van der Waals surface area contributed by atoms with Gasteiger partial charge in [0.25, 0.3) is 11.8 Å². The molecule has 2 N–H and O–H groups in total. The third kappa shape index (κ3) is 5.55. The van der Waals surface area contributed by atoms with Crippen molar-refractivity contribution in [3.63, 3.8) is 0 Å². The van der Waals surface area contributed by atoms with E-state index in [1.807, 2.05) is 0 Å². The summed E-state index contributed by atoms with van der Waals surface area (Å²) in [6, 6.07) is 10.4. The van der Waals surface area contributed by atoms with Crippen LogP contribution < -0.4 is 15.4 Å². The minimum absolute atomic E-state index is 0.243. The second kappa shape index (κ2) is 11.1. The molecule has 2 aromatic heterocycles. The molecule has 0 spiro atoms. The average Bonchev–Trinajstić information content (AvgIpc) is 3.13. The normalized spacial score (nSPS) is 12.1. The van der Waals surface area contributed by atoms with Gasteiger partial charge >= 0.3 is 0 Å². The second-order valence-electron chi connectivity index (χ2n) is 7.81. The number of aromatic nitrogens is 3. The number of amides is 2. The van der Waals surface area contributed by atoms with Crippen molar-refractivity contribution in [2.24, 2.45) is 0 Å². The van der Waals surface area contributed by atoms with Crippen LogP contribution in [0, 0.1) is 11.8 Å². The molecule has 9 nitrogen and oxygen atoms in total. The number of anilines is 3. The highest BCUT2D eigenvalue weighted by Crippen LogP contribution is 2.23. The molecule has 1 aromatic carbocycles. The summed E-state index contributed by atoms with van der Waals surface area (Å²) >= 11 is 0. The van der Waals surface area contributed by atoms with E-state index in [-0.39, 0.29) is 11.8 Å². The molecule has 0 saturated heterocycles. The molecule has 1 aliphatic rings. The first-order valence-corrected chi connectivity index (χ1v) is 11.4. The molecule has 9 heteroatoms. The number of unbranched alkanes of at least 4 members (excludes halogenated alkanes) is 1. The monoisotopic (exact) mass is 470 g/mol. The van der Waals surface area contributed by atoms with E-state index in [1.165, 1.54) is 4.90 Å². The molecule has 0 fully saturated rings. The molecule has 3 heterocycles. The Labute approximate surface area is 204 Å². The topological polar surface area (TPSA) is 109 Å². The zero-order valence-corrected chi connectivity index (χ0v) is 19.7. The molecular weight excluding hydrogens is 444 g/mol. The van der Waals surface area contributed by atoms with Gasteiger partial charge in [0.05, 0.1) is 30.0 Å². The first-order valence-electron chi connectivity index (χ1n) is 11.4. The molecule has 2 amide bonds. The summed E-state index contributed by atoms with van der Waals surface area (Å²) in [5.74, 6) is 7.29. The number of benzene rings is 1. The Morgan fingerprint density at radius 3 is 2.57 bits per heavy atom. The second-order valence-corrected chi connectivity index (χ2v) is 7.81. The van der Waals surface area contributed by atoms with E-state index < -0.39 is 0 Å². The fourth-order valence-corrected chi connectivity index (χ4v) is 3.57. The molecule has 0 saturated carbocycles. The Kier molecular flexibility index (Phi) is 7.53. The zero-order valence-electron chi connectivity index (χ0n) is 19.7. The van der Waals surface area contributed by atoms with Crippen molar-refractivity contribution in [3.8, 4) is 17.7 Å². The summed E-state index contributed by atoms with van der Waals surface area (Å²) < 4.78 is 5.15. The SMILES string of the molecule is CCCNc1nc(Nc2ccnc(OC)c2)ncc1C#CCCCN1C(=O)c2ccccc2C1=O. The Morgan fingerprint density at radius 1 is 1.09 bits per heavy atom. The van der Waals surface area contributed by atoms with Crippen molar-refractivity contribution >= 4 is 29.3 Å². The van der Waals surface area contributed by atoms with Gasteiger partial charge in [0.15, 0.2) is 0 Å². The predicted molar refractivity (Wildman–Crippen MR) is 133 cm³/mol. The lowest BCUT2D eigenvalue weighted by Gasteiger charge is -2.12. The van der Waals surface area contributed by atoms with E-state index in [0.29, 0.717) is 53.7 Å². The summed E-state index contributed by atoms with van der Waals surface area (Å²) in [7, 11) is 1.56. The summed E-state index contributed by atoms with van der Waals surface area (Å²) in [5.41, 5.74) is 2.36. The van der Waals surface area contributed by atoms with E-state index in [4.69, 9.17) is 4.74 Å². The van der Waals surface area contributed by atoms with Crippen LogP contribution >= 0.6 is 0 Å². The summed E-state index contributed by atoms with van der Waals surface area (Å²) in [4.78, 5) is 39.3. The van der Waals surface area contributed by atoms with Crippen LogP contribution in [0.25, 0.3) is 0 Å². The van der Waals surface area contributed by atoms with Gasteiger partial charge in [-0.1, -0.05) is 30.9 Å². The van der Waals surface area contributed by atoms with Crippen LogP contribution in [0.15, 0.2) is 48.8 Å². The van der Waals surface area contributed by atoms with E-state index >= 15 is 0 Å². The van der Waals surface area contributed by atoms with Gasteiger partial charge in [-0.15, -0.1) is 0 Å². The third-order valence-corrected chi connectivity index (χ3v) is 5.32. The van der Waals surface area contributed by atoms with Crippen LogP contribution in [0.5, 0.6) is 5.88 Å². The summed E-state index contributed by atoms with van der Waals surface area (Å²) in [6.07, 6.45) is 5.35. The highest BCUT2D eigenvalue weighted by atomic mass is 16.5. The summed E-state index contributed by atoms with van der Waals surface area (Å²) in [6.45, 7) is 3.14. The first kappa shape index (κ1) is 23.7. The minimum Gasteiger partial charge on any atom is -0.481 e. The first-order chi connectivity index (χ1) is 17.1. The van der Waals surface area contributed by atoms with Crippen LogP contribution in [0.4, 0.5) is 17.5 Å². The van der Waals surface area contributed by atoms with Crippen molar-refractivity contribution in [3.05, 3.63) is 65.5 Å². The molecule has 0 bridgehead atoms. The molecule has 178 valence electrons. The van der Waals surface area contributed by atoms with E-state index in [1.54, 1.807) is 55.9 Å². The molecule has 0 unspecified atom stereocenters. The lowest BCUT2D eigenvalue weighted by atomic mass is 10.1. The van der Waals surface area contributed by atoms with Gasteiger partial charge in [0.2, 0.25) is 11.8 Å². The number of hydrogen-bond acceptors (Lipinski definition) is 8. The Bertz CT molecular complexity index is 1260. The fourth-order valence-electron chi connectivity index (χ4n) is 3.57. The van der Waals surface area contributed by atoms with Crippen LogP contribution in [-0.4, -0.2) is 51.9 Å². The Morgan fingerprint density at radius 2 is 1.86 bits per heavy atom. The molecule has 0 atom stereocenters. The number of rotatable bonds is 9. The average molecular weight is 471 g/mol. The maximum atomic E-state index is 12.5. The number of methoxy groups -OCH3 is 1. The van der Waals surface area contributed by atoms with Gasteiger partial charge in [-0.3, -0.25) is 14.5 Å². The van der Waals surface area contributed by atoms with Crippen molar-refractivity contribution in [1.82, 2.24) is 19.9 Å². The third-order valence-electron chi connectivity index (χ3n) is 5.32. The van der Waals surface area contributed by atoms with Crippen molar-refractivity contribution in [2.75, 3.05) is 30.8 Å². The van der Waals surface area contributed by atoms with Crippen molar-refractivity contribution in [1.29, 1.82) is 0 Å². The number of pyridine rings is 1. The van der Waals surface area contributed by atoms with Gasteiger partial charge in [-0.25, -0.2) is 9.97 Å². The van der Waals surface area contributed by atoms with E-state index in [0.717, 1.165) is 18.7 Å². The highest BCUT2D eigenvalue weighted by Gasteiger charge is 2.34. The lowest BCUT2D eigenvalue weighted by molar-refractivity contribution is 0.0653. The fraction of sp³-hybridized carbons (Fsp3) is 0.269. The maximum Gasteiger partial charge on any atom is 0.261 e. The number of imide groups is 1. The molecular formula is C26H26N6O3. The smallest absolute Gasteiger partial charge is 0.261 e. The molecule has 0 aliphatic carbocycles. The summed E-state index contributed by atoms with van der Waals surface area (Å²) in [5, 5.41) is 6.44. The van der Waals surface area contributed by atoms with E-state index in [2.05, 4.69) is 44.4 Å². The highest BCUT2D eigenvalue weighted by molar-refractivity contribution is 6.21. The van der Waals surface area contributed by atoms with E-state index in [9.17, 15) is 9.59 Å². The Hall–Kier alpha value is -4.45. The standard InChI is InChI=1S/C26H26N6O3/c1-3-13-28-23-18(17-29-26(31-23)30-19-12-14-27-22(16-19)35-2)9-5-4-8-15-32-24(33)20-10-6-7-11-21(20)25(32)34/h6-7,10-12,14,16-17H,3-4,8,13,15H2,1-2H3,(H2,27,28,29,30,31). The van der Waals surface area contributed by atoms with Crippen molar-refractivity contribution in [2.45, 2.75) is 26.2 Å². The largest absolute Gasteiger partial charge is 0.481 e. The van der Waals surface area contributed by atoms with Crippen LogP contribution in [0.2, 0.25) is 0 Å². The van der Waals surface area contributed by atoms with Crippen molar-refractivity contribution < 1.29 is 14.3 Å². The number of nitrogens with one attached hydrogen (secondary N) is 2. The maximum absolute atomic E-state index is 12.5. The number of nitrogens with zero attached hydrogens (tertiary/aromatic N) is 4. The molecule has 35 heavy (non-hydrogen) atoms. The van der Waals surface area contributed by atoms with Crippen LogP contribution in [0.3, 0.4) is 0 Å². The number of fused-ring (bicyclic) bond motifs is 1. The van der Waals surface area contributed by atoms with Gasteiger partial charge in [-0.05, 0) is 31.0 Å². The van der Waals surface area contributed by atoms with Crippen LogP contribution in [0.1, 0.15) is 52.5 Å². The number of ether oxygens (including phenoxy) is 1. The molecule has 1 aliphatic heterocycles. The van der Waals surface area contributed by atoms with Gasteiger partial charge < -0.3 is 15.4 Å². The van der Waals surface area contributed by atoms with Gasteiger partial charge in [0.1, 0.15) is 5.82 Å². The van der Waals surface area contributed by atoms with Crippen LogP contribution in [-0.2, 0) is 0 Å². The lowest BCUT2D eigenvalue weighted by Crippen LogP contribution is -2.30. The quantitative estimate of drug-likeness (QED) is 0.276. The van der Waals surface area contributed by atoms with Gasteiger partial charge in [-0.2, -0.15) is 4.98 Å². The zero-order chi connectivity index (χ0) is 24.6. The molecule has 4 rings (SSSR count). The molecule has 3 aromatic rings. The Balaban J connectivity index is 1.39. The molecule has 0 radical (unpaired) electrons. The number of carbonyl (C=O) groups is 2. The minimum atomic E-state index is -0.243. The number of hydrogen-bond donors (Lipinski definition) is 2. The predicted octanol–water partition coefficient (Wildman–Crippen LogP) is 3.87. The van der Waals surface area contributed by atoms with Gasteiger partial charge in [0, 0.05) is 37.5 Å². The number of carbonyl (C=O) groups excluding carboxylic acids is 2.